The van der Waals surface area contributed by atoms with Crippen molar-refractivity contribution in [3.05, 3.63) is 12.2 Å². The van der Waals surface area contributed by atoms with E-state index in [1.54, 1.807) is 6.92 Å². The monoisotopic (exact) mass is 694 g/mol. The maximum atomic E-state index is 11.2. The van der Waals surface area contributed by atoms with Crippen LogP contribution >= 0.6 is 0 Å². The van der Waals surface area contributed by atoms with Gasteiger partial charge in [-0.15, -0.1) is 0 Å². The number of hydrogen-bond donors (Lipinski definition) is 0. The molecule has 0 atom stereocenters. The number of ether oxygens (including phenoxy) is 11. The smallest absolute Gasteiger partial charge is 0.333 e. The molecule has 0 heterocycles. The average molecular weight is 695 g/mol. The molecular weight excluding hydrogens is 624 g/mol. The lowest BCUT2D eigenvalue weighted by atomic mass is 10.1. The molecule has 12 nitrogen and oxygen atoms in total. The first-order valence-electron chi connectivity index (χ1n) is 18.3. The summed E-state index contributed by atoms with van der Waals surface area (Å²) >= 11 is 0. The fraction of sp³-hybridized carbons (Fsp3) is 0.917. The molecule has 0 saturated heterocycles. The minimum absolute atomic E-state index is 0.203. The molecule has 0 rings (SSSR count). The molecule has 0 N–H and O–H groups in total. The van der Waals surface area contributed by atoms with E-state index in [2.05, 4.69) is 13.5 Å². The van der Waals surface area contributed by atoms with Crippen LogP contribution in [-0.2, 0) is 56.9 Å². The van der Waals surface area contributed by atoms with Crippen LogP contribution in [0.4, 0.5) is 0 Å². The highest BCUT2D eigenvalue weighted by atomic mass is 16.6. The van der Waals surface area contributed by atoms with Gasteiger partial charge in [-0.1, -0.05) is 71.3 Å². The summed E-state index contributed by atoms with van der Waals surface area (Å²) in [6, 6.07) is 0. The zero-order valence-corrected chi connectivity index (χ0v) is 30.5. The van der Waals surface area contributed by atoms with E-state index in [4.69, 9.17) is 52.1 Å². The van der Waals surface area contributed by atoms with E-state index in [1.165, 1.54) is 57.8 Å². The molecule has 0 saturated carbocycles. The number of carbonyl (C=O) groups is 1. The topological polar surface area (TPSA) is 119 Å². The molecule has 0 fully saturated rings. The summed E-state index contributed by atoms with van der Waals surface area (Å²) in [5, 5.41) is 0. The van der Waals surface area contributed by atoms with E-state index in [1.807, 2.05) is 0 Å². The third-order valence-electron chi connectivity index (χ3n) is 6.80. The van der Waals surface area contributed by atoms with Gasteiger partial charge >= 0.3 is 5.97 Å². The second-order valence-corrected chi connectivity index (χ2v) is 11.2. The van der Waals surface area contributed by atoms with Crippen molar-refractivity contribution in [2.75, 3.05) is 139 Å². The van der Waals surface area contributed by atoms with Crippen LogP contribution in [0.25, 0.3) is 0 Å². The number of rotatable bonds is 42. The SMILES string of the molecule is C=C(C)C(=O)OCCOCCOCCOCCOCCOCCOCCOCCOCCOCCOCCCCCCCCCCCC. The third-order valence-corrected chi connectivity index (χ3v) is 6.80. The fourth-order valence-corrected chi connectivity index (χ4v) is 4.09. The maximum absolute atomic E-state index is 11.2. The van der Waals surface area contributed by atoms with E-state index in [0.717, 1.165) is 13.0 Å². The largest absolute Gasteiger partial charge is 0.460 e. The summed E-state index contributed by atoms with van der Waals surface area (Å²) in [4.78, 5) is 11.2. The highest BCUT2D eigenvalue weighted by Crippen LogP contribution is 2.10. The highest BCUT2D eigenvalue weighted by molar-refractivity contribution is 5.86. The number of esters is 1. The summed E-state index contributed by atoms with van der Waals surface area (Å²) in [6.45, 7) is 18.1. The second-order valence-electron chi connectivity index (χ2n) is 11.2. The van der Waals surface area contributed by atoms with Crippen molar-refractivity contribution in [3.63, 3.8) is 0 Å². The molecule has 0 bridgehead atoms. The van der Waals surface area contributed by atoms with Crippen LogP contribution in [0.3, 0.4) is 0 Å². The minimum atomic E-state index is -0.409. The molecule has 0 unspecified atom stereocenters. The van der Waals surface area contributed by atoms with Crippen molar-refractivity contribution in [1.29, 1.82) is 0 Å². The van der Waals surface area contributed by atoms with Gasteiger partial charge in [0.25, 0.3) is 0 Å². The van der Waals surface area contributed by atoms with Gasteiger partial charge in [0.2, 0.25) is 0 Å². The molecule has 0 aliphatic carbocycles. The van der Waals surface area contributed by atoms with E-state index in [-0.39, 0.29) is 6.61 Å². The Morgan fingerprint density at radius 1 is 0.354 bits per heavy atom. The van der Waals surface area contributed by atoms with Gasteiger partial charge in [0.05, 0.1) is 126 Å². The van der Waals surface area contributed by atoms with Crippen LogP contribution < -0.4 is 0 Å². The molecule has 0 aromatic carbocycles. The summed E-state index contributed by atoms with van der Waals surface area (Å²) in [5.74, 6) is -0.409. The fourth-order valence-electron chi connectivity index (χ4n) is 4.09. The van der Waals surface area contributed by atoms with E-state index in [9.17, 15) is 4.79 Å². The Morgan fingerprint density at radius 3 is 0.854 bits per heavy atom. The van der Waals surface area contributed by atoms with Crippen LogP contribution in [0.15, 0.2) is 12.2 Å². The van der Waals surface area contributed by atoms with E-state index in [0.29, 0.717) is 131 Å². The standard InChI is InChI=1S/C36H70O12/c1-4-5-6-7-8-9-10-11-12-13-14-38-15-16-39-17-18-40-19-20-41-21-22-42-23-24-43-25-26-44-27-28-45-29-30-46-31-32-47-33-34-48-36(37)35(2)3/h2,4-34H2,1,3H3. The first-order chi connectivity index (χ1) is 23.7. The molecule has 0 aromatic rings. The predicted molar refractivity (Wildman–Crippen MR) is 186 cm³/mol. The molecule has 0 aliphatic heterocycles. The van der Waals surface area contributed by atoms with Crippen molar-refractivity contribution in [1.82, 2.24) is 0 Å². The zero-order chi connectivity index (χ0) is 34.9. The quantitative estimate of drug-likeness (QED) is 0.0475. The minimum Gasteiger partial charge on any atom is -0.460 e. The van der Waals surface area contributed by atoms with Crippen molar-refractivity contribution in [3.8, 4) is 0 Å². The Balaban J connectivity index is 3.07. The Kier molecular flexibility index (Phi) is 40.9. The van der Waals surface area contributed by atoms with Gasteiger partial charge in [0.15, 0.2) is 0 Å². The molecule has 0 amide bonds. The average Bonchev–Trinajstić information content (AvgIpc) is 3.08. The summed E-state index contributed by atoms with van der Waals surface area (Å²) in [7, 11) is 0. The molecule has 286 valence electrons. The number of carbonyl (C=O) groups excluding carboxylic acids is 1. The van der Waals surface area contributed by atoms with Gasteiger partial charge in [-0.25, -0.2) is 4.79 Å². The van der Waals surface area contributed by atoms with Crippen LogP contribution in [0.1, 0.15) is 78.1 Å². The van der Waals surface area contributed by atoms with Crippen LogP contribution in [0.2, 0.25) is 0 Å². The molecular formula is C36H70O12. The first-order valence-corrected chi connectivity index (χ1v) is 18.3. The molecule has 48 heavy (non-hydrogen) atoms. The third kappa shape index (κ3) is 41.0. The molecule has 12 heteroatoms. The Labute approximate surface area is 291 Å². The maximum Gasteiger partial charge on any atom is 0.333 e. The van der Waals surface area contributed by atoms with Crippen molar-refractivity contribution >= 4 is 5.97 Å². The lowest BCUT2D eigenvalue weighted by Crippen LogP contribution is -2.15. The number of hydrogen-bond acceptors (Lipinski definition) is 12. The number of unbranched alkanes of at least 4 members (excludes halogenated alkanes) is 9. The normalized spacial score (nSPS) is 11.4. The highest BCUT2D eigenvalue weighted by Gasteiger charge is 2.02. The lowest BCUT2D eigenvalue weighted by molar-refractivity contribution is -0.140. The van der Waals surface area contributed by atoms with E-state index >= 15 is 0 Å². The Morgan fingerprint density at radius 2 is 0.583 bits per heavy atom. The van der Waals surface area contributed by atoms with Gasteiger partial charge in [-0.2, -0.15) is 0 Å². The van der Waals surface area contributed by atoms with Crippen molar-refractivity contribution in [2.45, 2.75) is 78.1 Å². The zero-order valence-electron chi connectivity index (χ0n) is 30.5. The lowest BCUT2D eigenvalue weighted by Gasteiger charge is -2.09. The summed E-state index contributed by atoms with van der Waals surface area (Å²) < 4.78 is 59.7. The molecule has 0 spiro atoms. The molecule has 0 radical (unpaired) electrons. The van der Waals surface area contributed by atoms with Gasteiger partial charge in [-0.05, 0) is 13.3 Å². The van der Waals surface area contributed by atoms with Crippen molar-refractivity contribution < 1.29 is 56.9 Å². The Hall–Kier alpha value is -1.19. The Bertz CT molecular complexity index is 652. The molecule has 0 aromatic heterocycles. The summed E-state index contributed by atoms with van der Waals surface area (Å²) in [5.41, 5.74) is 0.373. The van der Waals surface area contributed by atoms with Crippen LogP contribution in [0.5, 0.6) is 0 Å². The first kappa shape index (κ1) is 46.8. The van der Waals surface area contributed by atoms with Gasteiger partial charge in [0, 0.05) is 12.2 Å². The van der Waals surface area contributed by atoms with E-state index < -0.39 is 5.97 Å². The second kappa shape index (κ2) is 42.0. The van der Waals surface area contributed by atoms with Gasteiger partial charge in [0.1, 0.15) is 6.61 Å². The molecule has 0 aliphatic rings. The van der Waals surface area contributed by atoms with Crippen molar-refractivity contribution in [2.24, 2.45) is 0 Å². The summed E-state index contributed by atoms with van der Waals surface area (Å²) in [6.07, 6.45) is 13.4. The van der Waals surface area contributed by atoms with Gasteiger partial charge in [-0.3, -0.25) is 0 Å². The van der Waals surface area contributed by atoms with Crippen LogP contribution in [0, 0.1) is 0 Å². The van der Waals surface area contributed by atoms with Crippen LogP contribution in [-0.4, -0.2) is 145 Å². The van der Waals surface area contributed by atoms with Gasteiger partial charge < -0.3 is 52.1 Å². The predicted octanol–water partition coefficient (Wildman–Crippen LogP) is 5.19.